The number of hydrogen-bond donors (Lipinski definition) is 2. The van der Waals surface area contributed by atoms with E-state index in [1.807, 2.05) is 0 Å². The van der Waals surface area contributed by atoms with E-state index in [9.17, 15) is 8.42 Å². The van der Waals surface area contributed by atoms with Crippen LogP contribution in [0.4, 0.5) is 0 Å². The second-order valence-corrected chi connectivity index (χ2v) is 6.66. The lowest BCUT2D eigenvalue weighted by atomic mass is 9.83. The van der Waals surface area contributed by atoms with Gasteiger partial charge in [0.2, 0.25) is 0 Å². The summed E-state index contributed by atoms with van der Waals surface area (Å²) in [5.41, 5.74) is 5.77. The smallest absolute Gasteiger partial charge is 0.259 e. The van der Waals surface area contributed by atoms with E-state index >= 15 is 0 Å². The molecule has 1 aromatic rings. The molecule has 0 aliphatic heterocycles. The van der Waals surface area contributed by atoms with E-state index in [2.05, 4.69) is 15.0 Å². The zero-order chi connectivity index (χ0) is 13.2. The fourth-order valence-corrected chi connectivity index (χ4v) is 3.46. The number of halogens is 1. The van der Waals surface area contributed by atoms with Gasteiger partial charge in [0.15, 0.2) is 5.03 Å². The predicted molar refractivity (Wildman–Crippen MR) is 73.4 cm³/mol. The molecule has 0 bridgehead atoms. The second-order valence-electron chi connectivity index (χ2n) is 4.94. The predicted octanol–water partition coefficient (Wildman–Crippen LogP) is 0.177. The summed E-state index contributed by atoms with van der Waals surface area (Å²) in [6, 6.07) is 0. The van der Waals surface area contributed by atoms with E-state index < -0.39 is 15.6 Å². The molecule has 3 N–H and O–H groups in total. The summed E-state index contributed by atoms with van der Waals surface area (Å²) < 4.78 is 27.9. The van der Waals surface area contributed by atoms with Gasteiger partial charge in [-0.1, -0.05) is 24.5 Å². The molecule has 1 fully saturated rings. The third-order valence-corrected chi connectivity index (χ3v) is 4.86. The maximum Gasteiger partial charge on any atom is 0.259 e. The normalized spacial score (nSPS) is 18.8. The zero-order valence-electron chi connectivity index (χ0n) is 10.9. The number of aromatic nitrogens is 3. The Morgan fingerprint density at radius 2 is 2.05 bits per heavy atom. The second kappa shape index (κ2) is 6.17. The fourth-order valence-electron chi connectivity index (χ4n) is 2.27. The van der Waals surface area contributed by atoms with Gasteiger partial charge in [-0.3, -0.25) is 0 Å². The molecule has 19 heavy (non-hydrogen) atoms. The largest absolute Gasteiger partial charge is 0.324 e. The van der Waals surface area contributed by atoms with Gasteiger partial charge in [-0.2, -0.15) is 0 Å². The summed E-state index contributed by atoms with van der Waals surface area (Å²) in [4.78, 5) is 0. The van der Waals surface area contributed by atoms with E-state index in [-0.39, 0.29) is 24.0 Å². The molecule has 0 amide bonds. The molecule has 2 rings (SSSR count). The Hall–Kier alpha value is -0.700. The van der Waals surface area contributed by atoms with Crippen molar-refractivity contribution in [1.29, 1.82) is 0 Å². The first-order chi connectivity index (χ1) is 8.43. The lowest BCUT2D eigenvalue weighted by Crippen LogP contribution is -2.51. The highest BCUT2D eigenvalue weighted by molar-refractivity contribution is 7.89. The lowest BCUT2D eigenvalue weighted by molar-refractivity contribution is 0.296. The summed E-state index contributed by atoms with van der Waals surface area (Å²) in [6.07, 6.45) is 6.25. The van der Waals surface area contributed by atoms with Crippen LogP contribution in [0, 0.1) is 0 Å². The Morgan fingerprint density at radius 3 is 2.58 bits per heavy atom. The quantitative estimate of drug-likeness (QED) is 0.825. The van der Waals surface area contributed by atoms with E-state index in [4.69, 9.17) is 5.73 Å². The highest BCUT2D eigenvalue weighted by Gasteiger charge is 2.30. The Bertz CT molecular complexity index is 510. The van der Waals surface area contributed by atoms with Crippen LogP contribution in [-0.2, 0) is 17.1 Å². The third-order valence-electron chi connectivity index (χ3n) is 3.41. The van der Waals surface area contributed by atoms with Crippen LogP contribution in [0.1, 0.15) is 32.1 Å². The summed E-state index contributed by atoms with van der Waals surface area (Å²) in [6.45, 7) is 0.264. The van der Waals surface area contributed by atoms with Crippen LogP contribution in [0.25, 0.3) is 0 Å². The van der Waals surface area contributed by atoms with Crippen molar-refractivity contribution in [3.63, 3.8) is 0 Å². The summed E-state index contributed by atoms with van der Waals surface area (Å²) in [7, 11) is -2.04. The monoisotopic (exact) mass is 309 g/mol. The van der Waals surface area contributed by atoms with Crippen molar-refractivity contribution in [3.8, 4) is 0 Å². The molecule has 7 nitrogen and oxygen atoms in total. The number of nitrogens with zero attached hydrogens (tertiary/aromatic N) is 3. The number of hydrogen-bond acceptors (Lipinski definition) is 5. The minimum absolute atomic E-state index is 0. The first kappa shape index (κ1) is 16.4. The molecule has 1 saturated carbocycles. The van der Waals surface area contributed by atoms with Crippen molar-refractivity contribution in [2.45, 2.75) is 42.7 Å². The Labute approximate surface area is 119 Å². The average Bonchev–Trinajstić information content (AvgIpc) is 2.75. The molecule has 1 heterocycles. The molecule has 0 saturated heterocycles. The van der Waals surface area contributed by atoms with Gasteiger partial charge in [0, 0.05) is 19.1 Å². The van der Waals surface area contributed by atoms with E-state index in [1.165, 1.54) is 17.3 Å². The van der Waals surface area contributed by atoms with Gasteiger partial charge in [0.1, 0.15) is 0 Å². The minimum Gasteiger partial charge on any atom is -0.324 e. The zero-order valence-corrected chi connectivity index (χ0v) is 12.5. The summed E-state index contributed by atoms with van der Waals surface area (Å²) in [5.74, 6) is 0. The number of nitrogens with two attached hydrogens (primary N) is 1. The molecule has 110 valence electrons. The van der Waals surface area contributed by atoms with Crippen molar-refractivity contribution >= 4 is 22.4 Å². The lowest BCUT2D eigenvalue weighted by Gasteiger charge is -2.33. The SMILES string of the molecule is Cl.Cn1nncc1S(=O)(=O)NCC1(N)CCCCC1. The molecular formula is C10H20ClN5O2S. The topological polar surface area (TPSA) is 103 Å². The Morgan fingerprint density at radius 1 is 1.42 bits per heavy atom. The van der Waals surface area contributed by atoms with Crippen molar-refractivity contribution in [3.05, 3.63) is 6.20 Å². The molecule has 9 heteroatoms. The first-order valence-corrected chi connectivity index (χ1v) is 7.55. The maximum absolute atomic E-state index is 12.0. The van der Waals surface area contributed by atoms with Crippen molar-refractivity contribution in [1.82, 2.24) is 19.7 Å². The van der Waals surface area contributed by atoms with Gasteiger partial charge >= 0.3 is 0 Å². The number of aryl methyl sites for hydroxylation is 1. The van der Waals surface area contributed by atoms with E-state index in [1.54, 1.807) is 7.05 Å². The van der Waals surface area contributed by atoms with Gasteiger partial charge in [0.05, 0.1) is 6.20 Å². The van der Waals surface area contributed by atoms with Crippen LogP contribution in [-0.4, -0.2) is 35.5 Å². The standard InChI is InChI=1S/C10H19N5O2S.ClH/c1-15-9(7-12-14-15)18(16,17)13-8-10(11)5-3-2-4-6-10;/h7,13H,2-6,8,11H2,1H3;1H. The van der Waals surface area contributed by atoms with E-state index in [0.717, 1.165) is 25.7 Å². The molecular weight excluding hydrogens is 290 g/mol. The van der Waals surface area contributed by atoms with Crippen molar-refractivity contribution < 1.29 is 8.42 Å². The number of sulfonamides is 1. The van der Waals surface area contributed by atoms with E-state index in [0.29, 0.717) is 0 Å². The fraction of sp³-hybridized carbons (Fsp3) is 0.800. The maximum atomic E-state index is 12.0. The summed E-state index contributed by atoms with van der Waals surface area (Å²) >= 11 is 0. The average molecular weight is 310 g/mol. The highest BCUT2D eigenvalue weighted by Crippen LogP contribution is 2.25. The van der Waals surface area contributed by atoms with Gasteiger partial charge in [-0.25, -0.2) is 17.8 Å². The van der Waals surface area contributed by atoms with Gasteiger partial charge in [0.25, 0.3) is 10.0 Å². The van der Waals surface area contributed by atoms with Gasteiger partial charge in [-0.05, 0) is 12.8 Å². The van der Waals surface area contributed by atoms with Gasteiger partial charge < -0.3 is 5.73 Å². The van der Waals surface area contributed by atoms with Crippen LogP contribution in [0.2, 0.25) is 0 Å². The van der Waals surface area contributed by atoms with Crippen molar-refractivity contribution in [2.24, 2.45) is 12.8 Å². The van der Waals surface area contributed by atoms with Crippen LogP contribution < -0.4 is 10.5 Å². The van der Waals surface area contributed by atoms with Crippen LogP contribution in [0.15, 0.2) is 11.2 Å². The Kier molecular flexibility index (Phi) is 5.31. The minimum atomic E-state index is -3.58. The molecule has 0 aromatic carbocycles. The molecule has 0 spiro atoms. The molecule has 1 aliphatic carbocycles. The first-order valence-electron chi connectivity index (χ1n) is 6.06. The third kappa shape index (κ3) is 3.88. The molecule has 1 aliphatic rings. The molecule has 0 atom stereocenters. The number of nitrogens with one attached hydrogen (secondary N) is 1. The molecule has 1 aromatic heterocycles. The van der Waals surface area contributed by atoms with Crippen LogP contribution in [0.3, 0.4) is 0 Å². The molecule has 0 radical (unpaired) electrons. The summed E-state index contributed by atoms with van der Waals surface area (Å²) in [5, 5.41) is 7.23. The highest BCUT2D eigenvalue weighted by atomic mass is 35.5. The number of rotatable bonds is 4. The van der Waals surface area contributed by atoms with Crippen molar-refractivity contribution in [2.75, 3.05) is 6.54 Å². The Balaban J connectivity index is 0.00000180. The molecule has 0 unspecified atom stereocenters. The van der Waals surface area contributed by atoms with Crippen LogP contribution >= 0.6 is 12.4 Å². The van der Waals surface area contributed by atoms with Gasteiger partial charge in [-0.15, -0.1) is 17.5 Å². The van der Waals surface area contributed by atoms with Crippen LogP contribution in [0.5, 0.6) is 0 Å².